The lowest BCUT2D eigenvalue weighted by atomic mass is 10.2. The monoisotopic (exact) mass is 327 g/mol. The molecule has 1 aromatic rings. The Bertz CT molecular complexity index is 606. The van der Waals surface area contributed by atoms with Crippen LogP contribution in [0.3, 0.4) is 0 Å². The van der Waals surface area contributed by atoms with Gasteiger partial charge in [-0.2, -0.15) is 11.8 Å². The molecule has 0 aliphatic carbocycles. The molecule has 0 aliphatic rings. The Balaban J connectivity index is 2.62. The number of carboxylic acids is 1. The summed E-state index contributed by atoms with van der Waals surface area (Å²) in [4.78, 5) is 10.5. The van der Waals surface area contributed by atoms with Crippen LogP contribution in [0, 0.1) is 0 Å². The summed E-state index contributed by atoms with van der Waals surface area (Å²) in [6, 6.07) is 6.00. The molecule has 0 saturated heterocycles. The minimum absolute atomic E-state index is 0.156. The first-order valence-electron chi connectivity index (χ1n) is 6.15. The van der Waals surface area contributed by atoms with Crippen molar-refractivity contribution in [2.45, 2.75) is 4.90 Å². The second-order valence-electron chi connectivity index (χ2n) is 4.00. The fourth-order valence-electron chi connectivity index (χ4n) is 1.42. The van der Waals surface area contributed by atoms with E-state index < -0.39 is 16.0 Å². The molecule has 0 atom stereocenters. The van der Waals surface area contributed by atoms with Gasteiger partial charge in [0, 0.05) is 24.1 Å². The smallest absolute Gasteiger partial charge is 0.328 e. The number of aliphatic carboxylic acids is 1. The quantitative estimate of drug-likeness (QED) is 0.412. The number of carbonyl (C=O) groups is 1. The van der Waals surface area contributed by atoms with E-state index in [0.717, 1.165) is 11.8 Å². The van der Waals surface area contributed by atoms with Gasteiger partial charge in [0.2, 0.25) is 10.0 Å². The molecule has 0 saturated carbocycles. The summed E-state index contributed by atoms with van der Waals surface area (Å²) in [5.74, 6) is 0.405. The third-order valence-corrected chi connectivity index (χ3v) is 4.82. The number of carboxylic acid groups (broad SMARTS) is 1. The van der Waals surface area contributed by atoms with Gasteiger partial charge in [0.25, 0.3) is 0 Å². The molecule has 21 heavy (non-hydrogen) atoms. The molecule has 114 valence electrons. The first kappa shape index (κ1) is 17.5. The zero-order valence-corrected chi connectivity index (χ0v) is 13.0. The normalized spacial score (nSPS) is 11.6. The summed E-state index contributed by atoms with van der Waals surface area (Å²) in [6.07, 6.45) is 4.17. The van der Waals surface area contributed by atoms with Gasteiger partial charge in [0.1, 0.15) is 0 Å². The van der Waals surface area contributed by atoms with Gasteiger partial charge in [-0.3, -0.25) is 0 Å². The van der Waals surface area contributed by atoms with Crippen LogP contribution in [-0.2, 0) is 14.8 Å². The van der Waals surface area contributed by atoms with Gasteiger partial charge in [-0.15, -0.1) is 6.58 Å². The van der Waals surface area contributed by atoms with Gasteiger partial charge in [0.05, 0.1) is 4.90 Å². The third-order valence-electron chi connectivity index (χ3n) is 2.38. The van der Waals surface area contributed by atoms with Crippen LogP contribution in [0.2, 0.25) is 0 Å². The number of rotatable bonds is 9. The largest absolute Gasteiger partial charge is 0.478 e. The highest BCUT2D eigenvalue weighted by Gasteiger charge is 2.12. The topological polar surface area (TPSA) is 83.5 Å². The van der Waals surface area contributed by atoms with Crippen LogP contribution in [0.5, 0.6) is 0 Å². The molecule has 0 amide bonds. The standard InChI is InChI=1S/C14H17NO4S2/c1-2-10-20-11-9-15-21(18,19)13-6-3-12(4-7-13)5-8-14(16)17/h2-8,15H,1,9-11H2,(H,16,17)/b8-5+. The van der Waals surface area contributed by atoms with E-state index in [0.29, 0.717) is 17.9 Å². The lowest BCUT2D eigenvalue weighted by Gasteiger charge is -2.06. The highest BCUT2D eigenvalue weighted by Crippen LogP contribution is 2.11. The molecule has 0 spiro atoms. The molecule has 5 nitrogen and oxygen atoms in total. The molecular weight excluding hydrogens is 310 g/mol. The van der Waals surface area contributed by atoms with Gasteiger partial charge < -0.3 is 5.11 Å². The van der Waals surface area contributed by atoms with E-state index >= 15 is 0 Å². The van der Waals surface area contributed by atoms with Gasteiger partial charge in [0.15, 0.2) is 0 Å². The van der Waals surface area contributed by atoms with Crippen molar-refractivity contribution in [3.05, 3.63) is 48.6 Å². The maximum atomic E-state index is 12.0. The Morgan fingerprint density at radius 1 is 1.33 bits per heavy atom. The number of hydrogen-bond acceptors (Lipinski definition) is 4. The number of hydrogen-bond donors (Lipinski definition) is 2. The zero-order valence-electron chi connectivity index (χ0n) is 11.4. The molecule has 1 aromatic carbocycles. The molecule has 0 aliphatic heterocycles. The van der Waals surface area contributed by atoms with Crippen molar-refractivity contribution in [2.24, 2.45) is 0 Å². The SMILES string of the molecule is C=CCSCCNS(=O)(=O)c1ccc(/C=C/C(=O)O)cc1. The lowest BCUT2D eigenvalue weighted by Crippen LogP contribution is -2.26. The summed E-state index contributed by atoms with van der Waals surface area (Å²) < 4.78 is 26.5. The highest BCUT2D eigenvalue weighted by molar-refractivity contribution is 7.99. The van der Waals surface area contributed by atoms with Crippen molar-refractivity contribution in [3.8, 4) is 0 Å². The summed E-state index contributed by atoms with van der Waals surface area (Å²) >= 11 is 1.59. The van der Waals surface area contributed by atoms with Crippen LogP contribution in [0.25, 0.3) is 6.08 Å². The number of benzene rings is 1. The van der Waals surface area contributed by atoms with Crippen molar-refractivity contribution < 1.29 is 18.3 Å². The van der Waals surface area contributed by atoms with Gasteiger partial charge in [-0.25, -0.2) is 17.9 Å². The molecule has 1 rings (SSSR count). The molecular formula is C14H17NO4S2. The Hall–Kier alpha value is -1.57. The maximum Gasteiger partial charge on any atom is 0.328 e. The van der Waals surface area contributed by atoms with E-state index in [1.165, 1.54) is 18.2 Å². The number of thioether (sulfide) groups is 1. The maximum absolute atomic E-state index is 12.0. The molecule has 0 fully saturated rings. The van der Waals surface area contributed by atoms with E-state index in [-0.39, 0.29) is 4.90 Å². The first-order chi connectivity index (χ1) is 9.95. The minimum atomic E-state index is -3.53. The average Bonchev–Trinajstić information content (AvgIpc) is 2.45. The molecule has 0 unspecified atom stereocenters. The van der Waals surface area contributed by atoms with Crippen molar-refractivity contribution >= 4 is 33.8 Å². The molecule has 0 heterocycles. The Labute approximate surface area is 128 Å². The van der Waals surface area contributed by atoms with E-state index in [1.807, 2.05) is 0 Å². The van der Waals surface area contributed by atoms with Crippen LogP contribution in [0.1, 0.15) is 5.56 Å². The van der Waals surface area contributed by atoms with E-state index in [4.69, 9.17) is 5.11 Å². The fraction of sp³-hybridized carbons (Fsp3) is 0.214. The number of sulfonamides is 1. The van der Waals surface area contributed by atoms with E-state index in [9.17, 15) is 13.2 Å². The van der Waals surface area contributed by atoms with Gasteiger partial charge in [-0.1, -0.05) is 18.2 Å². The van der Waals surface area contributed by atoms with Crippen molar-refractivity contribution in [1.29, 1.82) is 0 Å². The van der Waals surface area contributed by atoms with Crippen molar-refractivity contribution in [3.63, 3.8) is 0 Å². The average molecular weight is 327 g/mol. The summed E-state index contributed by atoms with van der Waals surface area (Å²) in [5.41, 5.74) is 0.623. The molecule has 0 bridgehead atoms. The Morgan fingerprint density at radius 3 is 2.57 bits per heavy atom. The summed E-state index contributed by atoms with van der Waals surface area (Å²) in [7, 11) is -3.53. The molecule has 7 heteroatoms. The van der Waals surface area contributed by atoms with E-state index in [1.54, 1.807) is 30.0 Å². The summed E-state index contributed by atoms with van der Waals surface area (Å²) in [6.45, 7) is 3.94. The second kappa shape index (κ2) is 8.66. The van der Waals surface area contributed by atoms with Crippen LogP contribution in [0.15, 0.2) is 47.9 Å². The molecule has 2 N–H and O–H groups in total. The molecule has 0 aromatic heterocycles. The van der Waals surface area contributed by atoms with Gasteiger partial charge >= 0.3 is 5.97 Å². The predicted molar refractivity (Wildman–Crippen MR) is 85.8 cm³/mol. The minimum Gasteiger partial charge on any atom is -0.478 e. The Kier molecular flexibility index (Phi) is 7.21. The van der Waals surface area contributed by atoms with Crippen LogP contribution < -0.4 is 4.72 Å². The fourth-order valence-corrected chi connectivity index (χ4v) is 3.16. The van der Waals surface area contributed by atoms with Crippen LogP contribution in [-0.4, -0.2) is 37.5 Å². The van der Waals surface area contributed by atoms with E-state index in [2.05, 4.69) is 11.3 Å². The predicted octanol–water partition coefficient (Wildman–Crippen LogP) is 1.98. The first-order valence-corrected chi connectivity index (χ1v) is 8.79. The molecule has 0 radical (unpaired) electrons. The third kappa shape index (κ3) is 6.61. The lowest BCUT2D eigenvalue weighted by molar-refractivity contribution is -0.131. The van der Waals surface area contributed by atoms with Crippen molar-refractivity contribution in [1.82, 2.24) is 4.72 Å². The van der Waals surface area contributed by atoms with Crippen molar-refractivity contribution in [2.75, 3.05) is 18.1 Å². The van der Waals surface area contributed by atoms with Crippen LogP contribution >= 0.6 is 11.8 Å². The second-order valence-corrected chi connectivity index (χ2v) is 6.92. The number of nitrogens with one attached hydrogen (secondary N) is 1. The van der Waals surface area contributed by atoms with Crippen LogP contribution in [0.4, 0.5) is 0 Å². The highest BCUT2D eigenvalue weighted by atomic mass is 32.2. The zero-order chi connectivity index (χ0) is 15.7. The summed E-state index contributed by atoms with van der Waals surface area (Å²) in [5, 5.41) is 8.52. The Morgan fingerprint density at radius 2 is 2.00 bits per heavy atom. The van der Waals surface area contributed by atoms with Gasteiger partial charge in [-0.05, 0) is 23.8 Å².